The first-order chi connectivity index (χ1) is 12.5. The number of carbonyl (C=O) groups is 2. The highest BCUT2D eigenvalue weighted by Crippen LogP contribution is 2.24. The van der Waals surface area contributed by atoms with Crippen molar-refractivity contribution in [2.24, 2.45) is 11.7 Å². The van der Waals surface area contributed by atoms with Gasteiger partial charge in [-0.05, 0) is 62.3 Å². The summed E-state index contributed by atoms with van der Waals surface area (Å²) in [5.41, 5.74) is 7.87. The maximum atomic E-state index is 12.7. The molecule has 0 radical (unpaired) electrons. The van der Waals surface area contributed by atoms with Gasteiger partial charge in [-0.15, -0.1) is 12.4 Å². The van der Waals surface area contributed by atoms with Crippen LogP contribution >= 0.6 is 12.4 Å². The second kappa shape index (κ2) is 9.53. The molecule has 2 fully saturated rings. The van der Waals surface area contributed by atoms with Crippen LogP contribution in [0.2, 0.25) is 0 Å². The van der Waals surface area contributed by atoms with Crippen molar-refractivity contribution in [3.63, 3.8) is 0 Å². The van der Waals surface area contributed by atoms with Crippen LogP contribution in [0.4, 0.5) is 5.69 Å². The number of rotatable bonds is 4. The summed E-state index contributed by atoms with van der Waals surface area (Å²) in [5, 5.41) is 2.92. The molecule has 3 rings (SSSR count). The molecule has 2 aliphatic rings. The van der Waals surface area contributed by atoms with Crippen LogP contribution in [0.5, 0.6) is 0 Å². The predicted octanol–water partition coefficient (Wildman–Crippen LogP) is 2.73. The molecule has 7 heteroatoms. The molecule has 0 aromatic heterocycles. The van der Waals surface area contributed by atoms with Gasteiger partial charge in [-0.3, -0.25) is 9.59 Å². The Hall–Kier alpha value is -1.63. The van der Waals surface area contributed by atoms with Crippen molar-refractivity contribution in [1.29, 1.82) is 0 Å². The molecule has 1 aromatic rings. The summed E-state index contributed by atoms with van der Waals surface area (Å²) in [5.74, 6) is 0.478. The van der Waals surface area contributed by atoms with Crippen LogP contribution in [0.3, 0.4) is 0 Å². The zero-order valence-corrected chi connectivity index (χ0v) is 16.9. The fourth-order valence-electron chi connectivity index (χ4n) is 3.78. The molecule has 3 N–H and O–H groups in total. The normalized spacial score (nSPS) is 25.0. The van der Waals surface area contributed by atoms with Crippen molar-refractivity contribution in [3.05, 3.63) is 29.3 Å². The highest BCUT2D eigenvalue weighted by Gasteiger charge is 2.30. The number of hydrogen-bond acceptors (Lipinski definition) is 4. The van der Waals surface area contributed by atoms with Crippen molar-refractivity contribution in [2.45, 2.75) is 51.7 Å². The Morgan fingerprint density at radius 3 is 2.70 bits per heavy atom. The Morgan fingerprint density at radius 2 is 2.07 bits per heavy atom. The first-order valence-electron chi connectivity index (χ1n) is 9.54. The van der Waals surface area contributed by atoms with Crippen LogP contribution in [0.25, 0.3) is 0 Å². The van der Waals surface area contributed by atoms with E-state index < -0.39 is 6.10 Å². The van der Waals surface area contributed by atoms with Gasteiger partial charge in [0, 0.05) is 30.9 Å². The molecule has 1 aromatic carbocycles. The molecule has 27 heavy (non-hydrogen) atoms. The molecular weight excluding hydrogens is 366 g/mol. The predicted molar refractivity (Wildman–Crippen MR) is 108 cm³/mol. The fourth-order valence-corrected chi connectivity index (χ4v) is 3.78. The standard InChI is InChI=1S/C20H29N3O3.ClH/c1-13-4-3-9-23(12-13)20(25)15-5-7-17(14(2)10-15)22-19(24)18-8-6-16(11-21)26-18;/h5,7,10,13,16,18H,3-4,6,8-9,11-12,21H2,1-2H3,(H,22,24);1H/t13?,16-,18+;/m1./s1. The summed E-state index contributed by atoms with van der Waals surface area (Å²) in [7, 11) is 0. The molecule has 0 spiro atoms. The second-order valence-electron chi connectivity index (χ2n) is 7.58. The minimum Gasteiger partial charge on any atom is -0.364 e. The molecule has 150 valence electrons. The molecule has 2 aliphatic heterocycles. The van der Waals surface area contributed by atoms with Gasteiger partial charge in [0.15, 0.2) is 0 Å². The van der Waals surface area contributed by atoms with Gasteiger partial charge in [-0.25, -0.2) is 0 Å². The number of ether oxygens (including phenoxy) is 1. The van der Waals surface area contributed by atoms with E-state index in [2.05, 4.69) is 12.2 Å². The number of anilines is 1. The average molecular weight is 396 g/mol. The van der Waals surface area contributed by atoms with Gasteiger partial charge in [0.2, 0.25) is 0 Å². The average Bonchev–Trinajstić information content (AvgIpc) is 3.12. The summed E-state index contributed by atoms with van der Waals surface area (Å²) in [6.07, 6.45) is 3.27. The third kappa shape index (κ3) is 5.21. The fraction of sp³-hybridized carbons (Fsp3) is 0.600. The number of nitrogens with one attached hydrogen (secondary N) is 1. The SMILES string of the molecule is Cc1cc(C(=O)N2CCCC(C)C2)ccc1NC(=O)[C@@H]1CC[C@H](CN)O1.Cl. The minimum atomic E-state index is -0.445. The summed E-state index contributed by atoms with van der Waals surface area (Å²) < 4.78 is 5.64. The lowest BCUT2D eigenvalue weighted by Crippen LogP contribution is -2.39. The molecule has 2 amide bonds. The van der Waals surface area contributed by atoms with E-state index in [0.717, 1.165) is 37.2 Å². The lowest BCUT2D eigenvalue weighted by Gasteiger charge is -2.31. The van der Waals surface area contributed by atoms with E-state index in [9.17, 15) is 9.59 Å². The number of piperidine rings is 1. The summed E-state index contributed by atoms with van der Waals surface area (Å²) >= 11 is 0. The maximum Gasteiger partial charge on any atom is 0.253 e. The van der Waals surface area contributed by atoms with E-state index in [1.165, 1.54) is 6.42 Å². The van der Waals surface area contributed by atoms with Crippen molar-refractivity contribution in [2.75, 3.05) is 25.0 Å². The number of benzene rings is 1. The van der Waals surface area contributed by atoms with E-state index in [1.54, 1.807) is 6.07 Å². The van der Waals surface area contributed by atoms with Crippen molar-refractivity contribution < 1.29 is 14.3 Å². The summed E-state index contributed by atoms with van der Waals surface area (Å²) in [6.45, 7) is 6.17. The number of carbonyl (C=O) groups excluding carboxylic acids is 2. The molecule has 0 bridgehead atoms. The maximum absolute atomic E-state index is 12.7. The van der Waals surface area contributed by atoms with Crippen LogP contribution < -0.4 is 11.1 Å². The number of aryl methyl sites for hydroxylation is 1. The van der Waals surface area contributed by atoms with Crippen LogP contribution in [0.15, 0.2) is 18.2 Å². The topological polar surface area (TPSA) is 84.7 Å². The lowest BCUT2D eigenvalue weighted by atomic mass is 9.99. The molecule has 0 aliphatic carbocycles. The molecule has 2 heterocycles. The smallest absolute Gasteiger partial charge is 0.253 e. The summed E-state index contributed by atoms with van der Waals surface area (Å²) in [6, 6.07) is 5.46. The van der Waals surface area contributed by atoms with Gasteiger partial charge in [0.1, 0.15) is 6.10 Å². The number of likely N-dealkylation sites (tertiary alicyclic amines) is 1. The van der Waals surface area contributed by atoms with E-state index in [0.29, 0.717) is 24.4 Å². The Balaban J connectivity index is 0.00000261. The third-order valence-corrected chi connectivity index (χ3v) is 5.34. The number of halogens is 1. The Bertz CT molecular complexity index is 682. The van der Waals surface area contributed by atoms with Gasteiger partial charge in [0.05, 0.1) is 6.10 Å². The Morgan fingerprint density at radius 1 is 1.30 bits per heavy atom. The zero-order chi connectivity index (χ0) is 18.7. The van der Waals surface area contributed by atoms with Crippen molar-refractivity contribution in [1.82, 2.24) is 4.90 Å². The molecule has 0 saturated carbocycles. The van der Waals surface area contributed by atoms with Gasteiger partial charge >= 0.3 is 0 Å². The van der Waals surface area contributed by atoms with Gasteiger partial charge in [-0.1, -0.05) is 6.92 Å². The monoisotopic (exact) mass is 395 g/mol. The quantitative estimate of drug-likeness (QED) is 0.820. The second-order valence-corrected chi connectivity index (χ2v) is 7.58. The highest BCUT2D eigenvalue weighted by atomic mass is 35.5. The van der Waals surface area contributed by atoms with Crippen molar-refractivity contribution in [3.8, 4) is 0 Å². The van der Waals surface area contributed by atoms with E-state index in [1.807, 2.05) is 24.0 Å². The van der Waals surface area contributed by atoms with Crippen LogP contribution in [-0.4, -0.2) is 48.6 Å². The molecule has 2 saturated heterocycles. The number of amides is 2. The van der Waals surface area contributed by atoms with Gasteiger partial charge in [0.25, 0.3) is 11.8 Å². The van der Waals surface area contributed by atoms with E-state index >= 15 is 0 Å². The molecule has 3 atom stereocenters. The minimum absolute atomic E-state index is 0. The number of nitrogens with zero attached hydrogens (tertiary/aromatic N) is 1. The van der Waals surface area contributed by atoms with Crippen molar-refractivity contribution >= 4 is 29.9 Å². The van der Waals surface area contributed by atoms with E-state index in [4.69, 9.17) is 10.5 Å². The first kappa shape index (κ1) is 21.7. The summed E-state index contributed by atoms with van der Waals surface area (Å²) in [4.78, 5) is 27.0. The zero-order valence-electron chi connectivity index (χ0n) is 16.1. The number of nitrogens with two attached hydrogens (primary N) is 1. The van der Waals surface area contributed by atoms with Gasteiger partial charge < -0.3 is 20.7 Å². The van der Waals surface area contributed by atoms with Crippen LogP contribution in [0.1, 0.15) is 48.5 Å². The third-order valence-electron chi connectivity index (χ3n) is 5.34. The Labute approximate surface area is 167 Å². The van der Waals surface area contributed by atoms with Crippen LogP contribution in [-0.2, 0) is 9.53 Å². The van der Waals surface area contributed by atoms with Crippen LogP contribution in [0, 0.1) is 12.8 Å². The molecular formula is C20H30ClN3O3. The lowest BCUT2D eigenvalue weighted by molar-refractivity contribution is -0.126. The first-order valence-corrected chi connectivity index (χ1v) is 9.54. The number of hydrogen-bond donors (Lipinski definition) is 2. The molecule has 1 unspecified atom stereocenters. The molecule has 6 nitrogen and oxygen atoms in total. The van der Waals surface area contributed by atoms with E-state index in [-0.39, 0.29) is 30.3 Å². The highest BCUT2D eigenvalue weighted by molar-refractivity contribution is 5.97. The Kier molecular flexibility index (Phi) is 7.65. The van der Waals surface area contributed by atoms with Gasteiger partial charge in [-0.2, -0.15) is 0 Å². The largest absolute Gasteiger partial charge is 0.364 e.